The van der Waals surface area contributed by atoms with E-state index in [0.717, 1.165) is 12.1 Å². The lowest BCUT2D eigenvalue weighted by Crippen LogP contribution is -2.08. The van der Waals surface area contributed by atoms with Gasteiger partial charge >= 0.3 is 6.18 Å². The average Bonchev–Trinajstić information content (AvgIpc) is 2.15. The lowest BCUT2D eigenvalue weighted by molar-refractivity contribution is -0.140. The summed E-state index contributed by atoms with van der Waals surface area (Å²) in [7, 11) is 0. The van der Waals surface area contributed by atoms with Crippen molar-refractivity contribution in [3.8, 4) is 0 Å². The molecule has 0 spiro atoms. The van der Waals surface area contributed by atoms with Gasteiger partial charge < -0.3 is 0 Å². The van der Waals surface area contributed by atoms with Crippen LogP contribution in [0, 0.1) is 0 Å². The molecule has 0 aromatic carbocycles. The van der Waals surface area contributed by atoms with Gasteiger partial charge in [-0.1, -0.05) is 11.6 Å². The summed E-state index contributed by atoms with van der Waals surface area (Å²) >= 11 is 11.1. The molecule has 0 atom stereocenters. The maximum atomic E-state index is 12.4. The number of halogens is 5. The maximum absolute atomic E-state index is 12.4. The van der Waals surface area contributed by atoms with Gasteiger partial charge in [-0.05, 0) is 23.7 Å². The molecule has 0 aliphatic rings. The molecule has 0 radical (unpaired) electrons. The van der Waals surface area contributed by atoms with Gasteiger partial charge in [0.2, 0.25) is 5.28 Å². The Morgan fingerprint density at radius 2 is 1.69 bits per heavy atom. The van der Waals surface area contributed by atoms with Crippen LogP contribution in [-0.4, -0.2) is 15.0 Å². The van der Waals surface area contributed by atoms with Crippen LogP contribution < -0.4 is 0 Å². The molecule has 0 aliphatic carbocycles. The highest BCUT2D eigenvalue weighted by molar-refractivity contribution is 6.35. The van der Waals surface area contributed by atoms with E-state index in [2.05, 4.69) is 15.0 Å². The molecule has 0 bridgehead atoms. The Bertz CT molecular complexity index is 556. The molecule has 3 nitrogen and oxygen atoms in total. The van der Waals surface area contributed by atoms with Crippen LogP contribution in [0.15, 0.2) is 12.1 Å². The van der Waals surface area contributed by atoms with E-state index in [0.29, 0.717) is 0 Å². The molecule has 0 fully saturated rings. The number of nitrogens with zero attached hydrogens (tertiary/aromatic N) is 3. The number of rotatable bonds is 0. The molecule has 0 saturated heterocycles. The first-order valence-corrected chi connectivity index (χ1v) is 4.70. The quantitative estimate of drug-likeness (QED) is 0.543. The molecule has 2 aromatic heterocycles. The molecule has 2 aromatic rings. The standard InChI is InChI=1S/C8H2Cl2F3N3/c9-6-5-3(14-7(10)16-6)1-2-4(15-5)8(11,12)13/h1-2H. The summed E-state index contributed by atoms with van der Waals surface area (Å²) in [5.74, 6) is 0. The minimum atomic E-state index is -4.53. The van der Waals surface area contributed by atoms with Gasteiger partial charge in [0, 0.05) is 0 Å². The molecule has 8 heteroatoms. The summed E-state index contributed by atoms with van der Waals surface area (Å²) in [6, 6.07) is 1.95. The van der Waals surface area contributed by atoms with Gasteiger partial charge in [0.1, 0.15) is 11.2 Å². The third-order valence-corrected chi connectivity index (χ3v) is 2.20. The van der Waals surface area contributed by atoms with Crippen molar-refractivity contribution in [2.45, 2.75) is 6.18 Å². The Kier molecular flexibility index (Phi) is 2.63. The zero-order valence-electron chi connectivity index (χ0n) is 7.39. The Hall–Kier alpha value is -1.14. The van der Waals surface area contributed by atoms with E-state index >= 15 is 0 Å². The van der Waals surface area contributed by atoms with Crippen LogP contribution in [0.2, 0.25) is 10.4 Å². The van der Waals surface area contributed by atoms with E-state index in [1.807, 2.05) is 0 Å². The summed E-state index contributed by atoms with van der Waals surface area (Å²) in [5.41, 5.74) is -1.01. The van der Waals surface area contributed by atoms with E-state index in [1.165, 1.54) is 0 Å². The zero-order chi connectivity index (χ0) is 11.9. The number of hydrogen-bond donors (Lipinski definition) is 0. The Balaban J connectivity index is 2.72. The van der Waals surface area contributed by atoms with Crippen LogP contribution in [0.4, 0.5) is 13.2 Å². The lowest BCUT2D eigenvalue weighted by atomic mass is 10.3. The number of alkyl halides is 3. The summed E-state index contributed by atoms with van der Waals surface area (Å²) in [6.07, 6.45) is -4.53. The minimum absolute atomic E-state index is 0.124. The van der Waals surface area contributed by atoms with Gasteiger partial charge in [-0.15, -0.1) is 0 Å². The van der Waals surface area contributed by atoms with Crippen molar-refractivity contribution in [2.24, 2.45) is 0 Å². The first-order chi connectivity index (χ1) is 7.38. The molecular weight excluding hydrogens is 266 g/mol. The van der Waals surface area contributed by atoms with E-state index in [1.54, 1.807) is 0 Å². The summed E-state index contributed by atoms with van der Waals surface area (Å²) < 4.78 is 37.1. The number of aromatic nitrogens is 3. The van der Waals surface area contributed by atoms with Crippen molar-refractivity contribution in [1.29, 1.82) is 0 Å². The average molecular weight is 268 g/mol. The first-order valence-electron chi connectivity index (χ1n) is 3.95. The molecule has 0 saturated carbocycles. The molecule has 0 amide bonds. The smallest absolute Gasteiger partial charge is 0.238 e. The summed E-state index contributed by atoms with van der Waals surface area (Å²) in [6.45, 7) is 0. The maximum Gasteiger partial charge on any atom is 0.433 e. The first kappa shape index (κ1) is 11.3. The van der Waals surface area contributed by atoms with E-state index in [4.69, 9.17) is 23.2 Å². The lowest BCUT2D eigenvalue weighted by Gasteiger charge is -2.06. The third kappa shape index (κ3) is 2.03. The topological polar surface area (TPSA) is 38.7 Å². The summed E-state index contributed by atoms with van der Waals surface area (Å²) in [5, 5.41) is -0.347. The molecular formula is C8H2Cl2F3N3. The van der Waals surface area contributed by atoms with Crippen LogP contribution in [0.25, 0.3) is 11.0 Å². The minimum Gasteiger partial charge on any atom is -0.238 e. The normalized spacial score (nSPS) is 12.1. The highest BCUT2D eigenvalue weighted by Gasteiger charge is 2.32. The largest absolute Gasteiger partial charge is 0.433 e. The van der Waals surface area contributed by atoms with Crippen molar-refractivity contribution in [1.82, 2.24) is 15.0 Å². The van der Waals surface area contributed by atoms with Gasteiger partial charge in [-0.2, -0.15) is 13.2 Å². The fourth-order valence-electron chi connectivity index (χ4n) is 1.11. The van der Waals surface area contributed by atoms with Gasteiger partial charge in [-0.3, -0.25) is 0 Å². The highest BCUT2D eigenvalue weighted by atomic mass is 35.5. The summed E-state index contributed by atoms with van der Waals surface area (Å²) in [4.78, 5) is 10.6. The third-order valence-electron chi connectivity index (χ3n) is 1.76. The number of fused-ring (bicyclic) bond motifs is 1. The number of pyridine rings is 1. The van der Waals surface area contributed by atoms with E-state index < -0.39 is 11.9 Å². The van der Waals surface area contributed by atoms with Crippen LogP contribution >= 0.6 is 23.2 Å². The van der Waals surface area contributed by atoms with Crippen LogP contribution in [-0.2, 0) is 6.18 Å². The molecule has 0 aliphatic heterocycles. The van der Waals surface area contributed by atoms with Crippen molar-refractivity contribution in [3.63, 3.8) is 0 Å². The van der Waals surface area contributed by atoms with Crippen molar-refractivity contribution >= 4 is 34.2 Å². The highest BCUT2D eigenvalue weighted by Crippen LogP contribution is 2.30. The number of hydrogen-bond acceptors (Lipinski definition) is 3. The van der Waals surface area contributed by atoms with Gasteiger partial charge in [0.15, 0.2) is 5.15 Å². The predicted molar refractivity (Wildman–Crippen MR) is 52.4 cm³/mol. The SMILES string of the molecule is FC(F)(F)c1ccc2nc(Cl)nc(Cl)c2n1. The second-order valence-electron chi connectivity index (χ2n) is 2.85. The fraction of sp³-hybridized carbons (Fsp3) is 0.125. The van der Waals surface area contributed by atoms with Crippen molar-refractivity contribution in [3.05, 3.63) is 28.3 Å². The molecule has 84 valence electrons. The van der Waals surface area contributed by atoms with Crippen molar-refractivity contribution in [2.75, 3.05) is 0 Å². The molecule has 2 heterocycles. The predicted octanol–water partition coefficient (Wildman–Crippen LogP) is 3.35. The monoisotopic (exact) mass is 267 g/mol. The van der Waals surface area contributed by atoms with Crippen LogP contribution in [0.1, 0.15) is 5.69 Å². The van der Waals surface area contributed by atoms with E-state index in [9.17, 15) is 13.2 Å². The molecule has 16 heavy (non-hydrogen) atoms. The van der Waals surface area contributed by atoms with Crippen LogP contribution in [0.5, 0.6) is 0 Å². The molecule has 0 N–H and O–H groups in total. The molecule has 2 rings (SSSR count). The Morgan fingerprint density at radius 3 is 2.31 bits per heavy atom. The van der Waals surface area contributed by atoms with Gasteiger partial charge in [0.25, 0.3) is 0 Å². The zero-order valence-corrected chi connectivity index (χ0v) is 8.90. The fourth-order valence-corrected chi connectivity index (χ4v) is 1.55. The van der Waals surface area contributed by atoms with Crippen LogP contribution in [0.3, 0.4) is 0 Å². The second-order valence-corrected chi connectivity index (χ2v) is 3.54. The Labute approximate surface area is 97.2 Å². The van der Waals surface area contributed by atoms with Gasteiger partial charge in [0.05, 0.1) is 5.52 Å². The molecule has 0 unspecified atom stereocenters. The van der Waals surface area contributed by atoms with E-state index in [-0.39, 0.29) is 21.5 Å². The van der Waals surface area contributed by atoms with Crippen molar-refractivity contribution < 1.29 is 13.2 Å². The van der Waals surface area contributed by atoms with Gasteiger partial charge in [-0.25, -0.2) is 15.0 Å². The Morgan fingerprint density at radius 1 is 1.00 bits per heavy atom. The second kappa shape index (κ2) is 3.71.